The van der Waals surface area contributed by atoms with Crippen molar-refractivity contribution < 1.29 is 14.3 Å². The van der Waals surface area contributed by atoms with Gasteiger partial charge in [0.1, 0.15) is 24.3 Å². The Bertz CT molecular complexity index is 1070. The maximum atomic E-state index is 11.5. The Morgan fingerprint density at radius 3 is 2.70 bits per heavy atom. The Labute approximate surface area is 175 Å². The number of fused-ring (bicyclic) bond motifs is 1. The summed E-state index contributed by atoms with van der Waals surface area (Å²) in [7, 11) is 0.382. The van der Waals surface area contributed by atoms with E-state index in [0.29, 0.717) is 52.8 Å². The molecule has 1 aliphatic carbocycles. The number of carbonyl (C=O) groups is 1. The quantitative estimate of drug-likeness (QED) is 0.292. The van der Waals surface area contributed by atoms with Crippen LogP contribution in [0.5, 0.6) is 5.88 Å². The van der Waals surface area contributed by atoms with E-state index >= 15 is 0 Å². The minimum absolute atomic E-state index is 0.225. The first kappa shape index (κ1) is 20.5. The zero-order chi connectivity index (χ0) is 21.3. The van der Waals surface area contributed by atoms with Crippen molar-refractivity contribution in [2.75, 3.05) is 13.7 Å². The number of aromatic nitrogens is 6. The first-order valence-corrected chi connectivity index (χ1v) is 13.8. The van der Waals surface area contributed by atoms with Gasteiger partial charge in [-0.05, 0) is 18.9 Å². The normalized spacial score (nSPS) is 14.3. The van der Waals surface area contributed by atoms with Crippen molar-refractivity contribution in [1.29, 1.82) is 0 Å². The summed E-state index contributed by atoms with van der Waals surface area (Å²) in [5, 5.41) is 4.95. The van der Waals surface area contributed by atoms with Gasteiger partial charge in [0.25, 0.3) is 0 Å². The number of hydrogen-bond donors (Lipinski definition) is 0. The average Bonchev–Trinajstić information content (AvgIpc) is 3.52. The van der Waals surface area contributed by atoms with Gasteiger partial charge in [0.05, 0.1) is 18.2 Å². The lowest BCUT2D eigenvalue weighted by molar-refractivity contribution is 0.0808. The van der Waals surface area contributed by atoms with Crippen LogP contribution in [0.4, 0.5) is 0 Å². The third-order valence-corrected chi connectivity index (χ3v) is 6.77. The summed E-state index contributed by atoms with van der Waals surface area (Å²) in [6, 6.07) is 1.05. The zero-order valence-corrected chi connectivity index (χ0v) is 18.8. The highest BCUT2D eigenvalue weighted by molar-refractivity contribution is 6.76. The monoisotopic (exact) mass is 426 g/mol. The highest BCUT2D eigenvalue weighted by Crippen LogP contribution is 2.44. The van der Waals surface area contributed by atoms with Gasteiger partial charge in [-0.2, -0.15) is 5.10 Å². The van der Waals surface area contributed by atoms with Gasteiger partial charge in [0.2, 0.25) is 5.88 Å². The van der Waals surface area contributed by atoms with Gasteiger partial charge in [0.15, 0.2) is 17.8 Å². The summed E-state index contributed by atoms with van der Waals surface area (Å²) < 4.78 is 12.9. The number of nitrogens with zero attached hydrogens (tertiary/aromatic N) is 6. The van der Waals surface area contributed by atoms with E-state index in [1.54, 1.807) is 18.0 Å². The van der Waals surface area contributed by atoms with E-state index in [0.717, 1.165) is 24.6 Å². The van der Waals surface area contributed by atoms with Crippen LogP contribution in [0.1, 0.15) is 34.9 Å². The summed E-state index contributed by atoms with van der Waals surface area (Å²) in [5.41, 5.74) is 2.44. The smallest absolute Gasteiger partial charge is 0.227 e. The van der Waals surface area contributed by atoms with Crippen molar-refractivity contribution in [2.24, 2.45) is 0 Å². The van der Waals surface area contributed by atoms with Crippen LogP contribution in [0, 0.1) is 0 Å². The third-order valence-electron chi connectivity index (χ3n) is 5.06. The molecule has 1 saturated carbocycles. The molecule has 0 saturated heterocycles. The van der Waals surface area contributed by atoms with Crippen molar-refractivity contribution in [1.82, 2.24) is 29.7 Å². The van der Waals surface area contributed by atoms with Crippen LogP contribution in [-0.2, 0) is 11.5 Å². The van der Waals surface area contributed by atoms with Gasteiger partial charge in [-0.3, -0.25) is 4.79 Å². The molecule has 0 unspecified atom stereocenters. The molecule has 0 N–H and O–H groups in total. The SMILES string of the molecule is COc1ncnc(C2CC2)c1-c1ncc2c(C=O)nn(COCC[Si](C)(C)C)c2n1. The molecule has 3 heterocycles. The van der Waals surface area contributed by atoms with E-state index in [4.69, 9.17) is 14.5 Å². The highest BCUT2D eigenvalue weighted by atomic mass is 28.3. The molecule has 0 radical (unpaired) electrons. The van der Waals surface area contributed by atoms with Crippen LogP contribution in [0.15, 0.2) is 12.5 Å². The Morgan fingerprint density at radius 1 is 1.23 bits per heavy atom. The van der Waals surface area contributed by atoms with Crippen LogP contribution < -0.4 is 4.74 Å². The molecule has 4 rings (SSSR count). The van der Waals surface area contributed by atoms with Gasteiger partial charge < -0.3 is 9.47 Å². The number of aldehydes is 1. The summed E-state index contributed by atoms with van der Waals surface area (Å²) in [6.45, 7) is 7.78. The molecule has 10 heteroatoms. The third kappa shape index (κ3) is 4.24. The average molecular weight is 427 g/mol. The molecule has 3 aromatic heterocycles. The van der Waals surface area contributed by atoms with Crippen molar-refractivity contribution in [3.05, 3.63) is 23.9 Å². The van der Waals surface area contributed by atoms with Gasteiger partial charge in [-0.25, -0.2) is 24.6 Å². The van der Waals surface area contributed by atoms with Crippen molar-refractivity contribution >= 4 is 25.4 Å². The van der Waals surface area contributed by atoms with Crippen molar-refractivity contribution in [3.8, 4) is 17.3 Å². The van der Waals surface area contributed by atoms with Gasteiger partial charge >= 0.3 is 0 Å². The Balaban J connectivity index is 1.71. The van der Waals surface area contributed by atoms with Gasteiger partial charge in [-0.1, -0.05) is 19.6 Å². The lowest BCUT2D eigenvalue weighted by Crippen LogP contribution is -2.22. The van der Waals surface area contributed by atoms with Crippen molar-refractivity contribution in [3.63, 3.8) is 0 Å². The van der Waals surface area contributed by atoms with E-state index in [9.17, 15) is 4.79 Å². The largest absolute Gasteiger partial charge is 0.480 e. The topological polar surface area (TPSA) is 105 Å². The fourth-order valence-electron chi connectivity index (χ4n) is 3.22. The molecule has 0 aromatic carbocycles. The predicted octanol–water partition coefficient (Wildman–Crippen LogP) is 3.29. The van der Waals surface area contributed by atoms with E-state index < -0.39 is 8.07 Å². The number of methoxy groups -OCH3 is 1. The molecule has 30 heavy (non-hydrogen) atoms. The summed E-state index contributed by atoms with van der Waals surface area (Å²) >= 11 is 0. The maximum absolute atomic E-state index is 11.5. The first-order chi connectivity index (χ1) is 14.4. The second-order valence-corrected chi connectivity index (χ2v) is 14.3. The maximum Gasteiger partial charge on any atom is 0.227 e. The lowest BCUT2D eigenvalue weighted by Gasteiger charge is -2.15. The molecule has 1 aliphatic rings. The molecule has 0 atom stereocenters. The molecular weight excluding hydrogens is 400 g/mol. The van der Waals surface area contributed by atoms with Crippen LogP contribution in [0.3, 0.4) is 0 Å². The highest BCUT2D eigenvalue weighted by Gasteiger charge is 2.31. The Hall–Kier alpha value is -2.72. The first-order valence-electron chi connectivity index (χ1n) is 10.1. The van der Waals surface area contributed by atoms with Crippen molar-refractivity contribution in [2.45, 2.75) is 51.2 Å². The lowest BCUT2D eigenvalue weighted by atomic mass is 10.1. The van der Waals surface area contributed by atoms with E-state index in [1.165, 1.54) is 6.33 Å². The Morgan fingerprint density at radius 2 is 2.03 bits per heavy atom. The molecule has 9 nitrogen and oxygen atoms in total. The number of ether oxygens (including phenoxy) is 2. The minimum Gasteiger partial charge on any atom is -0.480 e. The molecule has 0 spiro atoms. The second kappa shape index (κ2) is 8.19. The fraction of sp³-hybridized carbons (Fsp3) is 0.500. The molecule has 0 amide bonds. The molecule has 0 aliphatic heterocycles. The number of carbonyl (C=O) groups excluding carboxylic acids is 1. The molecule has 0 bridgehead atoms. The van der Waals surface area contributed by atoms with Gasteiger partial charge in [0, 0.05) is 26.8 Å². The molecule has 3 aromatic rings. The number of rotatable bonds is 9. The standard InChI is InChI=1S/C20H26N6O3Si/c1-28-20-16(17(13-5-6-13)22-11-23-20)18-21-9-14-15(10-27)25-26(19(14)24-18)12-29-7-8-30(2,3)4/h9-11,13H,5-8,12H2,1-4H3. The predicted molar refractivity (Wildman–Crippen MR) is 114 cm³/mol. The van der Waals surface area contributed by atoms with Crippen LogP contribution in [-0.4, -0.2) is 57.8 Å². The van der Waals surface area contributed by atoms with Crippen LogP contribution >= 0.6 is 0 Å². The summed E-state index contributed by atoms with van der Waals surface area (Å²) in [6.07, 6.45) is 6.00. The second-order valence-electron chi connectivity index (χ2n) is 8.70. The summed E-state index contributed by atoms with van der Waals surface area (Å²) in [4.78, 5) is 29.4. The number of hydrogen-bond acceptors (Lipinski definition) is 8. The minimum atomic E-state index is -1.19. The molecule has 158 valence electrons. The van der Waals surface area contributed by atoms with Crippen LogP contribution in [0.25, 0.3) is 22.4 Å². The van der Waals surface area contributed by atoms with E-state index in [2.05, 4.69) is 39.7 Å². The summed E-state index contributed by atoms with van der Waals surface area (Å²) in [5.74, 6) is 1.28. The molecular formula is C20H26N6O3Si. The van der Waals surface area contributed by atoms with E-state index in [-0.39, 0.29) is 6.73 Å². The fourth-order valence-corrected chi connectivity index (χ4v) is 3.98. The Kier molecular flexibility index (Phi) is 5.61. The molecule has 1 fully saturated rings. The van der Waals surface area contributed by atoms with Gasteiger partial charge in [-0.15, -0.1) is 0 Å². The zero-order valence-electron chi connectivity index (χ0n) is 17.8. The van der Waals surface area contributed by atoms with Crippen LogP contribution in [0.2, 0.25) is 25.7 Å². The van der Waals surface area contributed by atoms with E-state index in [1.807, 2.05) is 0 Å².